The van der Waals surface area contributed by atoms with Gasteiger partial charge >= 0.3 is 5.97 Å². The van der Waals surface area contributed by atoms with Crippen molar-refractivity contribution in [3.8, 4) is 0 Å². The van der Waals surface area contributed by atoms with E-state index in [4.69, 9.17) is 9.47 Å². The summed E-state index contributed by atoms with van der Waals surface area (Å²) in [6, 6.07) is 7.98. The van der Waals surface area contributed by atoms with Crippen LogP contribution in [0.25, 0.3) is 6.08 Å². The van der Waals surface area contributed by atoms with Crippen LogP contribution in [-0.4, -0.2) is 28.1 Å². The molecule has 1 aromatic rings. The molecule has 1 spiro atoms. The van der Waals surface area contributed by atoms with Crippen LogP contribution in [0, 0.1) is 5.92 Å². The van der Waals surface area contributed by atoms with Crippen molar-refractivity contribution in [1.29, 1.82) is 0 Å². The van der Waals surface area contributed by atoms with E-state index in [9.17, 15) is 9.90 Å². The SMILES string of the molecule is CC1(C)O[C@]2(O)CC(=O)O[C@@]23Cc2ccccc2C=C[C@@H]13. The first-order chi connectivity index (χ1) is 9.86. The van der Waals surface area contributed by atoms with Crippen LogP contribution < -0.4 is 0 Å². The molecule has 0 amide bonds. The molecule has 3 aliphatic rings. The fourth-order valence-corrected chi connectivity index (χ4v) is 4.17. The molecule has 4 rings (SSSR count). The third-order valence-electron chi connectivity index (χ3n) is 5.00. The van der Waals surface area contributed by atoms with Crippen LogP contribution in [0.2, 0.25) is 0 Å². The third-order valence-corrected chi connectivity index (χ3v) is 5.00. The minimum absolute atomic E-state index is 0.108. The Kier molecular flexibility index (Phi) is 2.33. The van der Waals surface area contributed by atoms with Gasteiger partial charge in [0.05, 0.1) is 11.5 Å². The summed E-state index contributed by atoms with van der Waals surface area (Å²) >= 11 is 0. The number of fused-ring (bicyclic) bond motifs is 1. The van der Waals surface area contributed by atoms with Crippen molar-refractivity contribution < 1.29 is 19.4 Å². The first-order valence-corrected chi connectivity index (χ1v) is 7.27. The average molecular weight is 286 g/mol. The Hall–Kier alpha value is -1.65. The fourth-order valence-electron chi connectivity index (χ4n) is 4.17. The molecule has 0 bridgehead atoms. The smallest absolute Gasteiger partial charge is 0.312 e. The Morgan fingerprint density at radius 2 is 2.00 bits per heavy atom. The number of hydrogen-bond acceptors (Lipinski definition) is 4. The summed E-state index contributed by atoms with van der Waals surface area (Å²) in [7, 11) is 0. The second-order valence-electron chi connectivity index (χ2n) is 6.74. The Labute approximate surface area is 123 Å². The average Bonchev–Trinajstić information content (AvgIpc) is 2.61. The molecule has 4 heteroatoms. The summed E-state index contributed by atoms with van der Waals surface area (Å²) in [5.74, 6) is -2.14. The van der Waals surface area contributed by atoms with E-state index in [1.54, 1.807) is 0 Å². The van der Waals surface area contributed by atoms with Crippen molar-refractivity contribution in [2.75, 3.05) is 0 Å². The largest absolute Gasteiger partial charge is 0.452 e. The molecule has 2 fully saturated rings. The van der Waals surface area contributed by atoms with Crippen molar-refractivity contribution in [2.45, 2.75) is 43.7 Å². The maximum Gasteiger partial charge on any atom is 0.312 e. The molecule has 1 aromatic carbocycles. The van der Waals surface area contributed by atoms with Gasteiger partial charge in [0, 0.05) is 6.42 Å². The molecule has 3 atom stereocenters. The van der Waals surface area contributed by atoms with E-state index in [2.05, 4.69) is 0 Å². The Balaban J connectivity index is 1.93. The highest BCUT2D eigenvalue weighted by atomic mass is 16.7. The number of carbonyl (C=O) groups excluding carboxylic acids is 1. The van der Waals surface area contributed by atoms with E-state index in [1.807, 2.05) is 50.3 Å². The van der Waals surface area contributed by atoms with Gasteiger partial charge in [-0.25, -0.2) is 0 Å². The standard InChI is InChI=1S/C17H18O4/c1-15(2)13-8-7-11-5-3-4-6-12(11)9-16(13)17(19,21-15)10-14(18)20-16/h3-8,13,19H,9-10H2,1-2H3/t13-,16+,17+/m0/s1. The van der Waals surface area contributed by atoms with E-state index in [0.29, 0.717) is 6.42 Å². The minimum atomic E-state index is -1.56. The zero-order chi connectivity index (χ0) is 14.9. The minimum Gasteiger partial charge on any atom is -0.452 e. The number of benzene rings is 1. The molecule has 110 valence electrons. The lowest BCUT2D eigenvalue weighted by Crippen LogP contribution is -2.52. The summed E-state index contributed by atoms with van der Waals surface area (Å²) in [5.41, 5.74) is 0.540. The predicted molar refractivity (Wildman–Crippen MR) is 76.2 cm³/mol. The molecular weight excluding hydrogens is 268 g/mol. The van der Waals surface area contributed by atoms with Crippen LogP contribution in [-0.2, 0) is 20.7 Å². The molecule has 1 aliphatic carbocycles. The molecule has 0 unspecified atom stereocenters. The summed E-state index contributed by atoms with van der Waals surface area (Å²) in [6.07, 6.45) is 4.41. The van der Waals surface area contributed by atoms with Gasteiger partial charge in [-0.05, 0) is 25.0 Å². The van der Waals surface area contributed by atoms with E-state index in [-0.39, 0.29) is 12.3 Å². The Morgan fingerprint density at radius 1 is 1.24 bits per heavy atom. The van der Waals surface area contributed by atoms with Crippen molar-refractivity contribution in [3.63, 3.8) is 0 Å². The maximum absolute atomic E-state index is 11.9. The molecule has 0 aromatic heterocycles. The lowest BCUT2D eigenvalue weighted by Gasteiger charge is -2.35. The highest BCUT2D eigenvalue weighted by molar-refractivity contribution is 5.75. The lowest BCUT2D eigenvalue weighted by atomic mass is 9.74. The van der Waals surface area contributed by atoms with Crippen molar-refractivity contribution >= 4 is 12.0 Å². The number of rotatable bonds is 0. The van der Waals surface area contributed by atoms with Crippen molar-refractivity contribution in [1.82, 2.24) is 0 Å². The molecule has 4 nitrogen and oxygen atoms in total. The number of esters is 1. The highest BCUT2D eigenvalue weighted by Crippen LogP contribution is 2.58. The zero-order valence-corrected chi connectivity index (χ0v) is 12.1. The van der Waals surface area contributed by atoms with E-state index in [1.165, 1.54) is 0 Å². The topological polar surface area (TPSA) is 55.8 Å². The molecular formula is C17H18O4. The highest BCUT2D eigenvalue weighted by Gasteiger charge is 2.74. The predicted octanol–water partition coefficient (Wildman–Crippen LogP) is 2.06. The molecule has 2 aliphatic heterocycles. The van der Waals surface area contributed by atoms with Crippen LogP contribution in [0.15, 0.2) is 30.3 Å². The summed E-state index contributed by atoms with van der Waals surface area (Å²) < 4.78 is 11.6. The quantitative estimate of drug-likeness (QED) is 0.742. The van der Waals surface area contributed by atoms with E-state index < -0.39 is 23.0 Å². The van der Waals surface area contributed by atoms with Gasteiger partial charge in [-0.3, -0.25) is 4.79 Å². The van der Waals surface area contributed by atoms with Crippen LogP contribution in [0.5, 0.6) is 0 Å². The first kappa shape index (κ1) is 13.0. The molecule has 0 saturated carbocycles. The van der Waals surface area contributed by atoms with Crippen LogP contribution in [0.4, 0.5) is 0 Å². The second-order valence-corrected chi connectivity index (χ2v) is 6.74. The maximum atomic E-state index is 11.9. The van der Waals surface area contributed by atoms with Gasteiger partial charge < -0.3 is 14.6 Å². The van der Waals surface area contributed by atoms with Crippen LogP contribution in [0.3, 0.4) is 0 Å². The molecule has 21 heavy (non-hydrogen) atoms. The molecule has 1 N–H and O–H groups in total. The van der Waals surface area contributed by atoms with Gasteiger partial charge in [-0.1, -0.05) is 36.4 Å². The lowest BCUT2D eigenvalue weighted by molar-refractivity contribution is -0.246. The Morgan fingerprint density at radius 3 is 2.81 bits per heavy atom. The van der Waals surface area contributed by atoms with Gasteiger partial charge in [-0.15, -0.1) is 0 Å². The van der Waals surface area contributed by atoms with E-state index >= 15 is 0 Å². The second kappa shape index (κ2) is 3.76. The van der Waals surface area contributed by atoms with Crippen LogP contribution in [0.1, 0.15) is 31.4 Å². The molecule has 2 heterocycles. The number of aliphatic hydroxyl groups is 1. The van der Waals surface area contributed by atoms with E-state index in [0.717, 1.165) is 11.1 Å². The van der Waals surface area contributed by atoms with Crippen molar-refractivity contribution in [3.05, 3.63) is 41.5 Å². The number of ether oxygens (including phenoxy) is 2. The zero-order valence-electron chi connectivity index (χ0n) is 12.1. The normalized spacial score (nSPS) is 39.2. The monoisotopic (exact) mass is 286 g/mol. The van der Waals surface area contributed by atoms with Gasteiger partial charge in [0.2, 0.25) is 5.79 Å². The summed E-state index contributed by atoms with van der Waals surface area (Å²) in [5, 5.41) is 11.0. The molecule has 0 radical (unpaired) electrons. The number of carbonyl (C=O) groups is 1. The van der Waals surface area contributed by atoms with Gasteiger partial charge in [-0.2, -0.15) is 0 Å². The number of hydrogen-bond donors (Lipinski definition) is 1. The van der Waals surface area contributed by atoms with Gasteiger partial charge in [0.1, 0.15) is 6.42 Å². The first-order valence-electron chi connectivity index (χ1n) is 7.27. The summed E-state index contributed by atoms with van der Waals surface area (Å²) in [6.45, 7) is 3.87. The Bertz CT molecular complexity index is 663. The fraction of sp³-hybridized carbons (Fsp3) is 0.471. The molecule has 2 saturated heterocycles. The van der Waals surface area contributed by atoms with Crippen LogP contribution >= 0.6 is 0 Å². The van der Waals surface area contributed by atoms with Gasteiger partial charge in [0.15, 0.2) is 5.60 Å². The van der Waals surface area contributed by atoms with Gasteiger partial charge in [0.25, 0.3) is 0 Å². The summed E-state index contributed by atoms with van der Waals surface area (Å²) in [4.78, 5) is 11.9. The van der Waals surface area contributed by atoms with Crippen molar-refractivity contribution in [2.24, 2.45) is 5.92 Å². The third kappa shape index (κ3) is 1.54.